The molecule has 1 aromatic carbocycles. The normalized spacial score (nSPS) is 26.2. The number of nitrogens with zero attached hydrogens (tertiary/aromatic N) is 1. The van der Waals surface area contributed by atoms with Crippen molar-refractivity contribution in [3.63, 3.8) is 0 Å². The molecule has 8 heteroatoms. The first-order valence-corrected chi connectivity index (χ1v) is 10.2. The van der Waals surface area contributed by atoms with Crippen molar-refractivity contribution in [2.24, 2.45) is 11.7 Å². The number of fused-ring (bicyclic) bond motifs is 1. The molecule has 3 atom stereocenters. The summed E-state index contributed by atoms with van der Waals surface area (Å²) in [4.78, 5) is 39.4. The molecule has 1 saturated carbocycles. The predicted molar refractivity (Wildman–Crippen MR) is 110 cm³/mol. The summed E-state index contributed by atoms with van der Waals surface area (Å²) in [5, 5.41) is 3.07. The molecule has 2 heterocycles. The van der Waals surface area contributed by atoms with Gasteiger partial charge < -0.3 is 15.8 Å². The van der Waals surface area contributed by atoms with Crippen LogP contribution in [0.3, 0.4) is 0 Å². The Balaban J connectivity index is 0.00000240. The van der Waals surface area contributed by atoms with E-state index in [1.807, 2.05) is 0 Å². The van der Waals surface area contributed by atoms with Crippen molar-refractivity contribution in [1.82, 2.24) is 10.2 Å². The summed E-state index contributed by atoms with van der Waals surface area (Å²) in [5.41, 5.74) is 6.91. The number of carbonyl (C=O) groups excluding carboxylic acids is 3. The number of nitrogens with one attached hydrogen (secondary N) is 1. The fraction of sp³-hybridized carbons (Fsp3) is 0.571. The van der Waals surface area contributed by atoms with Crippen LogP contribution in [0.4, 0.5) is 0 Å². The summed E-state index contributed by atoms with van der Waals surface area (Å²) in [6.45, 7) is 1.50. The minimum absolute atomic E-state index is 0. The Kier molecular flexibility index (Phi) is 6.93. The van der Waals surface area contributed by atoms with E-state index in [0.29, 0.717) is 29.8 Å². The zero-order valence-electron chi connectivity index (χ0n) is 16.4. The van der Waals surface area contributed by atoms with Gasteiger partial charge in [0.05, 0.1) is 23.8 Å². The van der Waals surface area contributed by atoms with Gasteiger partial charge in [-0.25, -0.2) is 0 Å². The van der Waals surface area contributed by atoms with E-state index in [9.17, 15) is 14.4 Å². The molecule has 4 rings (SSSR count). The van der Waals surface area contributed by atoms with Crippen LogP contribution in [0.15, 0.2) is 18.2 Å². The zero-order chi connectivity index (χ0) is 19.7. The molecule has 1 saturated heterocycles. The molecule has 1 aromatic rings. The number of hydrogen-bond acceptors (Lipinski definition) is 5. The molecular formula is C21H28ClN3O4. The smallest absolute Gasteiger partial charge is 0.261 e. The van der Waals surface area contributed by atoms with Gasteiger partial charge in [0.1, 0.15) is 0 Å². The molecule has 158 valence electrons. The minimum atomic E-state index is -0.345. The van der Waals surface area contributed by atoms with Crippen molar-refractivity contribution >= 4 is 30.1 Å². The number of hydrogen-bond donors (Lipinski definition) is 2. The molecule has 3 amide bonds. The van der Waals surface area contributed by atoms with Gasteiger partial charge in [-0.05, 0) is 56.3 Å². The molecule has 0 bridgehead atoms. The fourth-order valence-electron chi connectivity index (χ4n) is 4.52. The zero-order valence-corrected chi connectivity index (χ0v) is 17.2. The highest BCUT2D eigenvalue weighted by Crippen LogP contribution is 2.27. The second-order valence-electron chi connectivity index (χ2n) is 7.98. The van der Waals surface area contributed by atoms with Gasteiger partial charge in [0.2, 0.25) is 0 Å². The molecule has 7 nitrogen and oxygen atoms in total. The summed E-state index contributed by atoms with van der Waals surface area (Å²) >= 11 is 0. The van der Waals surface area contributed by atoms with Crippen LogP contribution in [0.1, 0.15) is 69.6 Å². The third-order valence-electron chi connectivity index (χ3n) is 6.17. The third kappa shape index (κ3) is 4.32. The Bertz CT molecular complexity index is 794. The molecular weight excluding hydrogens is 394 g/mol. The Hall–Kier alpha value is -1.96. The average molecular weight is 422 g/mol. The van der Waals surface area contributed by atoms with Gasteiger partial charge in [-0.2, -0.15) is 0 Å². The maximum atomic E-state index is 12.8. The topological polar surface area (TPSA) is 102 Å². The molecule has 3 unspecified atom stereocenters. The first-order valence-electron chi connectivity index (χ1n) is 10.2. The summed E-state index contributed by atoms with van der Waals surface area (Å²) in [6.07, 6.45) is 5.88. The largest absolute Gasteiger partial charge is 0.376 e. The van der Waals surface area contributed by atoms with Crippen molar-refractivity contribution in [3.05, 3.63) is 34.9 Å². The van der Waals surface area contributed by atoms with E-state index in [0.717, 1.165) is 38.5 Å². The molecule has 0 spiro atoms. The summed E-state index contributed by atoms with van der Waals surface area (Å²) in [5.74, 6) is -0.580. The highest BCUT2D eigenvalue weighted by molar-refractivity contribution is 6.22. The van der Waals surface area contributed by atoms with Gasteiger partial charge in [-0.15, -0.1) is 12.4 Å². The predicted octanol–water partition coefficient (Wildman–Crippen LogP) is 2.13. The van der Waals surface area contributed by atoms with Gasteiger partial charge in [-0.3, -0.25) is 19.3 Å². The maximum absolute atomic E-state index is 12.8. The van der Waals surface area contributed by atoms with E-state index < -0.39 is 0 Å². The van der Waals surface area contributed by atoms with E-state index in [2.05, 4.69) is 5.32 Å². The second-order valence-corrected chi connectivity index (χ2v) is 7.98. The lowest BCUT2D eigenvalue weighted by Gasteiger charge is -2.31. The number of carbonyl (C=O) groups is 3. The van der Waals surface area contributed by atoms with Crippen LogP contribution < -0.4 is 11.1 Å². The van der Waals surface area contributed by atoms with Crippen LogP contribution in [0, 0.1) is 5.92 Å². The van der Waals surface area contributed by atoms with Crippen molar-refractivity contribution in [1.29, 1.82) is 0 Å². The standard InChI is InChI=1S/C21H27N3O4.ClH/c22-11-14-4-1-2-6-18(14)23-19(25)13-7-8-16-17(10-13)21(27)24(20(16)26)12-15-5-3-9-28-15;/h7-8,10,14-15,18H,1-6,9,11-12,22H2,(H,23,25);1H. The van der Waals surface area contributed by atoms with Crippen LogP contribution >= 0.6 is 12.4 Å². The van der Waals surface area contributed by atoms with Crippen LogP contribution in [-0.4, -0.2) is 54.5 Å². The van der Waals surface area contributed by atoms with E-state index >= 15 is 0 Å². The number of halogens is 1. The summed E-state index contributed by atoms with van der Waals surface area (Å²) < 4.78 is 5.56. The Labute approximate surface area is 176 Å². The average Bonchev–Trinajstić information content (AvgIpc) is 3.31. The SMILES string of the molecule is Cl.NCC1CCCCC1NC(=O)c1ccc2c(c1)C(=O)N(CC1CCCO1)C2=O. The van der Waals surface area contributed by atoms with Gasteiger partial charge in [0, 0.05) is 18.2 Å². The minimum Gasteiger partial charge on any atom is -0.376 e. The number of ether oxygens (including phenoxy) is 1. The second kappa shape index (κ2) is 9.24. The quantitative estimate of drug-likeness (QED) is 0.709. The number of amides is 3. The van der Waals surface area contributed by atoms with E-state index in [-0.39, 0.29) is 54.7 Å². The number of imide groups is 1. The monoisotopic (exact) mass is 421 g/mol. The van der Waals surface area contributed by atoms with Gasteiger partial charge in [0.25, 0.3) is 17.7 Å². The van der Waals surface area contributed by atoms with E-state index in [4.69, 9.17) is 10.5 Å². The first-order chi connectivity index (χ1) is 13.6. The van der Waals surface area contributed by atoms with Crippen molar-refractivity contribution < 1.29 is 19.1 Å². The lowest BCUT2D eigenvalue weighted by Crippen LogP contribution is -2.44. The molecule has 2 aliphatic heterocycles. The van der Waals surface area contributed by atoms with Crippen LogP contribution in [-0.2, 0) is 4.74 Å². The van der Waals surface area contributed by atoms with Gasteiger partial charge in [-0.1, -0.05) is 12.8 Å². The van der Waals surface area contributed by atoms with Crippen LogP contribution in [0.25, 0.3) is 0 Å². The molecule has 3 aliphatic rings. The number of nitrogens with two attached hydrogens (primary N) is 1. The molecule has 0 aromatic heterocycles. The van der Waals surface area contributed by atoms with Crippen molar-refractivity contribution in [2.75, 3.05) is 19.7 Å². The van der Waals surface area contributed by atoms with E-state index in [1.54, 1.807) is 18.2 Å². The lowest BCUT2D eigenvalue weighted by molar-refractivity contribution is 0.0475. The van der Waals surface area contributed by atoms with Crippen LogP contribution in [0.2, 0.25) is 0 Å². The molecule has 1 aliphatic carbocycles. The lowest BCUT2D eigenvalue weighted by atomic mass is 9.84. The number of benzene rings is 1. The van der Waals surface area contributed by atoms with Crippen molar-refractivity contribution in [2.45, 2.75) is 50.7 Å². The van der Waals surface area contributed by atoms with Gasteiger partial charge in [0.15, 0.2) is 0 Å². The number of rotatable bonds is 5. The summed E-state index contributed by atoms with van der Waals surface area (Å²) in [7, 11) is 0. The Morgan fingerprint density at radius 3 is 2.59 bits per heavy atom. The fourth-order valence-corrected chi connectivity index (χ4v) is 4.52. The summed E-state index contributed by atoms with van der Waals surface area (Å²) in [6, 6.07) is 4.81. The molecule has 3 N–H and O–H groups in total. The van der Waals surface area contributed by atoms with Crippen LogP contribution in [0.5, 0.6) is 0 Å². The third-order valence-corrected chi connectivity index (χ3v) is 6.17. The van der Waals surface area contributed by atoms with Gasteiger partial charge >= 0.3 is 0 Å². The first kappa shape index (κ1) is 21.7. The van der Waals surface area contributed by atoms with Crippen molar-refractivity contribution in [3.8, 4) is 0 Å². The Morgan fingerprint density at radius 1 is 1.10 bits per heavy atom. The molecule has 0 radical (unpaired) electrons. The maximum Gasteiger partial charge on any atom is 0.261 e. The molecule has 29 heavy (non-hydrogen) atoms. The highest BCUT2D eigenvalue weighted by Gasteiger charge is 2.38. The molecule has 2 fully saturated rings. The Morgan fingerprint density at radius 2 is 1.86 bits per heavy atom. The highest BCUT2D eigenvalue weighted by atomic mass is 35.5. The van der Waals surface area contributed by atoms with E-state index in [1.165, 1.54) is 4.90 Å².